The van der Waals surface area contributed by atoms with Gasteiger partial charge in [0.25, 0.3) is 5.91 Å². The molecule has 2 aliphatic heterocycles. The van der Waals surface area contributed by atoms with Gasteiger partial charge >= 0.3 is 6.09 Å². The Morgan fingerprint density at radius 2 is 1.76 bits per heavy atom. The topological polar surface area (TPSA) is 107 Å². The van der Waals surface area contributed by atoms with Crippen LogP contribution < -0.4 is 9.64 Å². The van der Waals surface area contributed by atoms with Gasteiger partial charge in [-0.3, -0.25) is 9.59 Å². The van der Waals surface area contributed by atoms with Gasteiger partial charge in [0, 0.05) is 56.6 Å². The van der Waals surface area contributed by atoms with Gasteiger partial charge in [-0.25, -0.2) is 9.78 Å². The van der Waals surface area contributed by atoms with E-state index in [1.54, 1.807) is 15.9 Å². The average Bonchev–Trinajstić information content (AvgIpc) is 3.80. The second-order valence-electron chi connectivity index (χ2n) is 16.3. The van der Waals surface area contributed by atoms with Crippen LogP contribution >= 0.6 is 0 Å². The summed E-state index contributed by atoms with van der Waals surface area (Å²) in [5, 5.41) is 12.4. The number of hydrogen-bond donors (Lipinski definition) is 1. The summed E-state index contributed by atoms with van der Waals surface area (Å²) in [4.78, 5) is 53.3. The first kappa shape index (κ1) is 36.4. The largest absolute Gasteiger partial charge is 0.415 e. The molecule has 2 saturated heterocycles. The lowest BCUT2D eigenvalue weighted by molar-refractivity contribution is -0.135. The molecule has 0 bridgehead atoms. The standard InChI is InChI=1S/C44H53N5O5/c1-5-44(53)21-19-34-32-16-14-30-27-39(54-42(52)46(6-2)7-3)38(28-33(30)31(32)18-20-43(34,44)4)47-23-25-48(26-24-47)41(51)37-13-10-22-49(37)40(50)36-17-15-29-11-8-9-12-35(29)45-36/h1,8-9,11-12,15,17,27-28,31-32,34,37,53H,6-7,10,13-14,16,18-26H2,2-4H3/t31-,32+,34-,37-,43-,44+/m0/s1. The number of aryl methyl sites for hydroxylation is 1. The number of carbonyl (C=O) groups excluding carboxylic acids is 3. The molecule has 0 radical (unpaired) electrons. The van der Waals surface area contributed by atoms with Gasteiger partial charge in [-0.05, 0) is 118 Å². The molecule has 0 spiro atoms. The highest BCUT2D eigenvalue weighted by molar-refractivity contribution is 5.98. The van der Waals surface area contributed by atoms with Crippen LogP contribution in [0.4, 0.5) is 10.5 Å². The van der Waals surface area contributed by atoms with Crippen molar-refractivity contribution in [3.63, 3.8) is 0 Å². The van der Waals surface area contributed by atoms with Gasteiger partial charge in [0.1, 0.15) is 17.3 Å². The molecule has 4 fully saturated rings. The molecule has 3 aliphatic carbocycles. The number of carbonyl (C=O) groups is 3. The summed E-state index contributed by atoms with van der Waals surface area (Å²) in [5.74, 6) is 4.29. The molecule has 5 aliphatic rings. The minimum absolute atomic E-state index is 0.0171. The Kier molecular flexibility index (Phi) is 9.58. The van der Waals surface area contributed by atoms with Gasteiger partial charge in [0.15, 0.2) is 5.75 Å². The number of piperazine rings is 1. The van der Waals surface area contributed by atoms with Crippen LogP contribution in [0, 0.1) is 29.6 Å². The van der Waals surface area contributed by atoms with Crippen molar-refractivity contribution >= 4 is 34.5 Å². The van der Waals surface area contributed by atoms with E-state index in [0.29, 0.717) is 87.9 Å². The number of aromatic nitrogens is 1. The van der Waals surface area contributed by atoms with E-state index in [1.807, 2.05) is 49.1 Å². The second kappa shape index (κ2) is 14.2. The van der Waals surface area contributed by atoms with Crippen LogP contribution in [0.1, 0.15) is 93.3 Å². The van der Waals surface area contributed by atoms with Crippen molar-refractivity contribution in [1.82, 2.24) is 19.7 Å². The van der Waals surface area contributed by atoms with Crippen LogP contribution in [0.2, 0.25) is 0 Å². The SMILES string of the molecule is C#C[C@@]1(O)CC[C@H]2[C@@H]3CCc4cc(OC(=O)N(CC)CC)c(N5CCN(C(=O)[C@@H]6CCCN6C(=O)c6ccc7ccccc7n6)CC5)cc4[C@H]3CC[C@@]21C. The first-order valence-electron chi connectivity index (χ1n) is 20.1. The Morgan fingerprint density at radius 1 is 0.981 bits per heavy atom. The minimum Gasteiger partial charge on any atom is -0.408 e. The third kappa shape index (κ3) is 6.00. The quantitative estimate of drug-likeness (QED) is 0.299. The molecule has 54 heavy (non-hydrogen) atoms. The number of pyridine rings is 1. The van der Waals surface area contributed by atoms with Crippen LogP contribution in [0.15, 0.2) is 48.5 Å². The number of likely N-dealkylation sites (tertiary alicyclic amines) is 1. The van der Waals surface area contributed by atoms with E-state index in [-0.39, 0.29) is 23.3 Å². The zero-order chi connectivity index (χ0) is 37.8. The molecular weight excluding hydrogens is 679 g/mol. The van der Waals surface area contributed by atoms with Crippen molar-refractivity contribution in [2.45, 2.75) is 89.7 Å². The van der Waals surface area contributed by atoms with Crippen molar-refractivity contribution < 1.29 is 24.2 Å². The number of rotatable bonds is 6. The normalized spacial score (nSPS) is 28.9. The van der Waals surface area contributed by atoms with E-state index in [9.17, 15) is 19.5 Å². The van der Waals surface area contributed by atoms with Crippen molar-refractivity contribution in [2.75, 3.05) is 50.7 Å². The van der Waals surface area contributed by atoms with Gasteiger partial charge in [-0.15, -0.1) is 6.42 Å². The maximum absolute atomic E-state index is 14.1. The lowest BCUT2D eigenvalue weighted by Gasteiger charge is -2.52. The molecule has 3 aromatic rings. The fourth-order valence-corrected chi connectivity index (χ4v) is 10.8. The molecule has 2 saturated carbocycles. The molecule has 0 unspecified atom stereocenters. The number of aliphatic hydroxyl groups is 1. The van der Waals surface area contributed by atoms with Crippen LogP contribution in [-0.4, -0.2) is 100 Å². The summed E-state index contributed by atoms with van der Waals surface area (Å²) in [5.41, 5.74) is 3.24. The summed E-state index contributed by atoms with van der Waals surface area (Å²) in [6.45, 7) is 9.93. The highest BCUT2D eigenvalue weighted by atomic mass is 16.6. The van der Waals surface area contributed by atoms with E-state index in [2.05, 4.69) is 34.9 Å². The monoisotopic (exact) mass is 731 g/mol. The molecule has 1 N–H and O–H groups in total. The van der Waals surface area contributed by atoms with Crippen molar-refractivity contribution in [2.24, 2.45) is 17.3 Å². The number of anilines is 1. The minimum atomic E-state index is -1.05. The van der Waals surface area contributed by atoms with Gasteiger partial charge in [-0.1, -0.05) is 37.1 Å². The molecule has 3 amide bonds. The third-order valence-corrected chi connectivity index (χ3v) is 14.0. The molecule has 8 rings (SSSR count). The van der Waals surface area contributed by atoms with Crippen molar-refractivity contribution in [1.29, 1.82) is 0 Å². The van der Waals surface area contributed by atoms with E-state index in [0.717, 1.165) is 55.1 Å². The van der Waals surface area contributed by atoms with Gasteiger partial charge in [0.05, 0.1) is 11.2 Å². The van der Waals surface area contributed by atoms with E-state index in [1.165, 1.54) is 11.1 Å². The summed E-state index contributed by atoms with van der Waals surface area (Å²) >= 11 is 0. The number of terminal acetylenes is 1. The number of ether oxygens (including phenoxy) is 1. The number of amides is 3. The van der Waals surface area contributed by atoms with Gasteiger partial charge < -0.3 is 29.4 Å². The predicted molar refractivity (Wildman–Crippen MR) is 208 cm³/mol. The van der Waals surface area contributed by atoms with E-state index in [4.69, 9.17) is 11.2 Å². The van der Waals surface area contributed by atoms with Crippen LogP contribution in [-0.2, 0) is 11.2 Å². The van der Waals surface area contributed by atoms with Crippen LogP contribution in [0.25, 0.3) is 10.9 Å². The number of para-hydroxylation sites is 1. The Morgan fingerprint density at radius 3 is 2.52 bits per heavy atom. The first-order valence-corrected chi connectivity index (χ1v) is 20.1. The van der Waals surface area contributed by atoms with Crippen LogP contribution in [0.3, 0.4) is 0 Å². The summed E-state index contributed by atoms with van der Waals surface area (Å²) < 4.78 is 6.20. The summed E-state index contributed by atoms with van der Waals surface area (Å²) in [7, 11) is 0. The second-order valence-corrected chi connectivity index (χ2v) is 16.3. The Bertz CT molecular complexity index is 2000. The molecule has 10 nitrogen and oxygen atoms in total. The van der Waals surface area contributed by atoms with Gasteiger partial charge in [-0.2, -0.15) is 0 Å². The molecule has 10 heteroatoms. The molecule has 6 atom stereocenters. The lowest BCUT2D eigenvalue weighted by atomic mass is 9.53. The molecule has 2 aromatic carbocycles. The first-order chi connectivity index (χ1) is 26.1. The third-order valence-electron chi connectivity index (χ3n) is 14.0. The zero-order valence-corrected chi connectivity index (χ0v) is 31.9. The smallest absolute Gasteiger partial charge is 0.408 e. The fourth-order valence-electron chi connectivity index (χ4n) is 10.8. The summed E-state index contributed by atoms with van der Waals surface area (Å²) in [6.07, 6.45) is 12.3. The molecule has 284 valence electrons. The maximum Gasteiger partial charge on any atom is 0.415 e. The molecular formula is C44H53N5O5. The van der Waals surface area contributed by atoms with Crippen molar-refractivity contribution in [3.8, 4) is 18.1 Å². The highest BCUT2D eigenvalue weighted by Crippen LogP contribution is 2.64. The zero-order valence-electron chi connectivity index (χ0n) is 31.9. The van der Waals surface area contributed by atoms with Crippen LogP contribution in [0.5, 0.6) is 5.75 Å². The Hall–Kier alpha value is -4.62. The number of fused-ring (bicyclic) bond motifs is 6. The fraction of sp³-hybridized carbons (Fsp3) is 0.545. The number of nitrogens with zero attached hydrogens (tertiary/aromatic N) is 5. The number of hydrogen-bond acceptors (Lipinski definition) is 7. The van der Waals surface area contributed by atoms with Crippen molar-refractivity contribution in [3.05, 3.63) is 65.4 Å². The predicted octanol–water partition coefficient (Wildman–Crippen LogP) is 6.25. The highest BCUT2D eigenvalue weighted by Gasteiger charge is 2.61. The molecule has 1 aromatic heterocycles. The van der Waals surface area contributed by atoms with Gasteiger partial charge in [0.2, 0.25) is 5.91 Å². The van der Waals surface area contributed by atoms with E-state index >= 15 is 0 Å². The Labute approximate surface area is 318 Å². The Balaban J connectivity index is 1.02. The average molecular weight is 732 g/mol. The summed E-state index contributed by atoms with van der Waals surface area (Å²) in [6, 6.07) is 15.3. The molecule has 3 heterocycles. The number of benzene rings is 2. The lowest BCUT2D eigenvalue weighted by Crippen LogP contribution is -2.54. The van der Waals surface area contributed by atoms with E-state index < -0.39 is 11.6 Å². The maximum atomic E-state index is 14.1.